The molecule has 1 atom stereocenters. The van der Waals surface area contributed by atoms with Gasteiger partial charge in [0.2, 0.25) is 0 Å². The molecule has 0 fully saturated rings. The van der Waals surface area contributed by atoms with Gasteiger partial charge in [0.15, 0.2) is 0 Å². The van der Waals surface area contributed by atoms with E-state index in [0.29, 0.717) is 12.2 Å². The van der Waals surface area contributed by atoms with Gasteiger partial charge in [-0.2, -0.15) is 0 Å². The molecule has 0 saturated heterocycles. The molecule has 0 aromatic heterocycles. The number of phenolic OH excluding ortho intramolecular Hbond substituents is 1. The summed E-state index contributed by atoms with van der Waals surface area (Å²) in [5.74, 6) is 0.849. The average Bonchev–Trinajstić information content (AvgIpc) is 2.38. The highest BCUT2D eigenvalue weighted by atomic mass is 79.9. The van der Waals surface area contributed by atoms with E-state index in [2.05, 4.69) is 15.9 Å². The van der Waals surface area contributed by atoms with E-state index < -0.39 is 6.10 Å². The maximum atomic E-state index is 10.3. The van der Waals surface area contributed by atoms with Gasteiger partial charge in [-0.25, -0.2) is 0 Å². The van der Waals surface area contributed by atoms with Crippen molar-refractivity contribution >= 4 is 15.9 Å². The van der Waals surface area contributed by atoms with Crippen molar-refractivity contribution in [2.75, 3.05) is 7.11 Å². The van der Waals surface area contributed by atoms with Crippen LogP contribution in [0.4, 0.5) is 0 Å². The van der Waals surface area contributed by atoms with E-state index in [1.165, 1.54) is 0 Å². The molecule has 2 aromatic carbocycles. The third-order valence-corrected chi connectivity index (χ3v) is 3.38. The zero-order valence-electron chi connectivity index (χ0n) is 10.5. The number of aliphatic hydroxyl groups is 1. The smallest absolute Gasteiger partial charge is 0.124 e. The van der Waals surface area contributed by atoms with Gasteiger partial charge in [0.05, 0.1) is 13.2 Å². The summed E-state index contributed by atoms with van der Waals surface area (Å²) >= 11 is 3.38. The van der Waals surface area contributed by atoms with Crippen molar-refractivity contribution < 1.29 is 14.9 Å². The third-order valence-electron chi connectivity index (χ3n) is 2.89. The number of methoxy groups -OCH3 is 1. The number of benzene rings is 2. The fourth-order valence-corrected chi connectivity index (χ4v) is 2.36. The van der Waals surface area contributed by atoms with Crippen LogP contribution in [-0.2, 0) is 6.42 Å². The fraction of sp³-hybridized carbons (Fsp3) is 0.200. The molecule has 4 heteroatoms. The number of phenols is 1. The second-order valence-corrected chi connectivity index (χ2v) is 5.19. The van der Waals surface area contributed by atoms with Crippen LogP contribution in [0.5, 0.6) is 11.5 Å². The maximum Gasteiger partial charge on any atom is 0.124 e. The van der Waals surface area contributed by atoms with Gasteiger partial charge in [0, 0.05) is 16.5 Å². The van der Waals surface area contributed by atoms with Crippen LogP contribution in [0.15, 0.2) is 46.9 Å². The molecule has 3 nitrogen and oxygen atoms in total. The molecule has 0 heterocycles. The van der Waals surface area contributed by atoms with Gasteiger partial charge in [-0.15, -0.1) is 0 Å². The quantitative estimate of drug-likeness (QED) is 0.906. The minimum absolute atomic E-state index is 0.200. The topological polar surface area (TPSA) is 49.7 Å². The zero-order valence-corrected chi connectivity index (χ0v) is 12.1. The SMILES string of the molecule is COc1ccc(Br)cc1C(O)Cc1cccc(O)c1. The lowest BCUT2D eigenvalue weighted by molar-refractivity contribution is 0.174. The first kappa shape index (κ1) is 13.9. The highest BCUT2D eigenvalue weighted by Crippen LogP contribution is 2.30. The van der Waals surface area contributed by atoms with Crippen LogP contribution in [0, 0.1) is 0 Å². The molecular formula is C15H15BrO3. The number of hydrogen-bond acceptors (Lipinski definition) is 3. The Morgan fingerprint density at radius 1 is 1.21 bits per heavy atom. The summed E-state index contributed by atoms with van der Waals surface area (Å²) < 4.78 is 6.14. The maximum absolute atomic E-state index is 10.3. The van der Waals surface area contributed by atoms with Gasteiger partial charge >= 0.3 is 0 Å². The first-order valence-corrected chi connectivity index (χ1v) is 6.69. The Hall–Kier alpha value is -1.52. The molecule has 0 aliphatic heterocycles. The lowest BCUT2D eigenvalue weighted by atomic mass is 10.0. The van der Waals surface area contributed by atoms with Crippen LogP contribution in [0.1, 0.15) is 17.2 Å². The van der Waals surface area contributed by atoms with E-state index >= 15 is 0 Å². The molecule has 0 aliphatic rings. The Kier molecular flexibility index (Phi) is 4.45. The van der Waals surface area contributed by atoms with Gasteiger partial charge in [-0.1, -0.05) is 28.1 Å². The van der Waals surface area contributed by atoms with Crippen LogP contribution in [0.3, 0.4) is 0 Å². The highest BCUT2D eigenvalue weighted by Gasteiger charge is 2.14. The first-order chi connectivity index (χ1) is 9.10. The number of hydrogen-bond donors (Lipinski definition) is 2. The molecule has 0 radical (unpaired) electrons. The summed E-state index contributed by atoms with van der Waals surface area (Å²) in [4.78, 5) is 0. The van der Waals surface area contributed by atoms with Crippen molar-refractivity contribution in [1.29, 1.82) is 0 Å². The van der Waals surface area contributed by atoms with Crippen molar-refractivity contribution in [1.82, 2.24) is 0 Å². The van der Waals surface area contributed by atoms with Crippen molar-refractivity contribution in [2.24, 2.45) is 0 Å². The number of rotatable bonds is 4. The van der Waals surface area contributed by atoms with Gasteiger partial charge in [-0.05, 0) is 35.9 Å². The normalized spacial score (nSPS) is 12.2. The van der Waals surface area contributed by atoms with Crippen LogP contribution in [-0.4, -0.2) is 17.3 Å². The molecular weight excluding hydrogens is 308 g/mol. The summed E-state index contributed by atoms with van der Waals surface area (Å²) in [6.45, 7) is 0. The largest absolute Gasteiger partial charge is 0.508 e. The second kappa shape index (κ2) is 6.08. The molecule has 2 N–H and O–H groups in total. The van der Waals surface area contributed by atoms with Crippen molar-refractivity contribution in [3.05, 3.63) is 58.1 Å². The van der Waals surface area contributed by atoms with E-state index in [4.69, 9.17) is 4.74 Å². The lowest BCUT2D eigenvalue weighted by Gasteiger charge is -2.15. The summed E-state index contributed by atoms with van der Waals surface area (Å²) in [7, 11) is 1.58. The average molecular weight is 323 g/mol. The Morgan fingerprint density at radius 3 is 2.68 bits per heavy atom. The molecule has 2 aromatic rings. The van der Waals surface area contributed by atoms with E-state index in [1.807, 2.05) is 24.3 Å². The van der Waals surface area contributed by atoms with E-state index in [0.717, 1.165) is 15.6 Å². The molecule has 19 heavy (non-hydrogen) atoms. The van der Waals surface area contributed by atoms with Crippen LogP contribution in [0.25, 0.3) is 0 Å². The molecule has 1 unspecified atom stereocenters. The van der Waals surface area contributed by atoms with Crippen LogP contribution in [0.2, 0.25) is 0 Å². The standard InChI is InChI=1S/C15H15BrO3/c1-19-15-6-5-11(16)9-13(15)14(18)8-10-3-2-4-12(17)7-10/h2-7,9,14,17-18H,8H2,1H3. The van der Waals surface area contributed by atoms with Crippen LogP contribution < -0.4 is 4.74 Å². The Balaban J connectivity index is 2.24. The summed E-state index contributed by atoms with van der Waals surface area (Å²) in [6, 6.07) is 12.4. The zero-order chi connectivity index (χ0) is 13.8. The molecule has 2 rings (SSSR count). The van der Waals surface area contributed by atoms with Crippen LogP contribution >= 0.6 is 15.9 Å². The number of halogens is 1. The van der Waals surface area contributed by atoms with Crippen molar-refractivity contribution in [2.45, 2.75) is 12.5 Å². The minimum Gasteiger partial charge on any atom is -0.508 e. The lowest BCUT2D eigenvalue weighted by Crippen LogP contribution is -2.04. The van der Waals surface area contributed by atoms with E-state index in [9.17, 15) is 10.2 Å². The summed E-state index contributed by atoms with van der Waals surface area (Å²) in [6.07, 6.45) is -0.268. The van der Waals surface area contributed by atoms with Gasteiger partial charge in [0.25, 0.3) is 0 Å². The Labute approximate surface area is 120 Å². The molecule has 0 saturated carbocycles. The predicted molar refractivity (Wildman–Crippen MR) is 77.5 cm³/mol. The molecule has 100 valence electrons. The van der Waals surface area contributed by atoms with E-state index in [-0.39, 0.29) is 5.75 Å². The second-order valence-electron chi connectivity index (χ2n) is 4.28. The van der Waals surface area contributed by atoms with E-state index in [1.54, 1.807) is 25.3 Å². The van der Waals surface area contributed by atoms with Gasteiger partial charge in [0.1, 0.15) is 11.5 Å². The molecule has 0 amide bonds. The Bertz CT molecular complexity index is 569. The predicted octanol–water partition coefficient (Wildman–Crippen LogP) is 3.44. The van der Waals surface area contributed by atoms with Crippen molar-refractivity contribution in [3.8, 4) is 11.5 Å². The highest BCUT2D eigenvalue weighted by molar-refractivity contribution is 9.10. The number of aliphatic hydroxyl groups excluding tert-OH is 1. The third kappa shape index (κ3) is 3.49. The minimum atomic E-state index is -0.686. The molecule has 0 bridgehead atoms. The molecule has 0 spiro atoms. The monoisotopic (exact) mass is 322 g/mol. The van der Waals surface area contributed by atoms with Gasteiger partial charge < -0.3 is 14.9 Å². The van der Waals surface area contributed by atoms with Crippen molar-refractivity contribution in [3.63, 3.8) is 0 Å². The summed E-state index contributed by atoms with van der Waals surface area (Å²) in [5.41, 5.74) is 1.59. The first-order valence-electron chi connectivity index (χ1n) is 5.89. The molecule has 0 aliphatic carbocycles. The summed E-state index contributed by atoms with van der Waals surface area (Å²) in [5, 5.41) is 19.7. The fourth-order valence-electron chi connectivity index (χ4n) is 1.98. The number of aromatic hydroxyl groups is 1. The Morgan fingerprint density at radius 2 is 2.00 bits per heavy atom. The van der Waals surface area contributed by atoms with Gasteiger partial charge in [-0.3, -0.25) is 0 Å². The number of ether oxygens (including phenoxy) is 1.